The van der Waals surface area contributed by atoms with Crippen molar-refractivity contribution in [2.75, 3.05) is 0 Å². The lowest BCUT2D eigenvalue weighted by atomic mass is 10.2. The molecule has 7 heteroatoms. The molecule has 0 saturated heterocycles. The minimum Gasteiger partial charge on any atom is -0.478 e. The number of carboxylic acids is 1. The Morgan fingerprint density at radius 1 is 1.10 bits per heavy atom. The number of hydrogen-bond donors (Lipinski definition) is 1. The minimum atomic E-state index is -1.15. The van der Waals surface area contributed by atoms with Gasteiger partial charge in [-0.1, -0.05) is 28.8 Å². The van der Waals surface area contributed by atoms with E-state index in [9.17, 15) is 4.79 Å². The summed E-state index contributed by atoms with van der Waals surface area (Å²) < 4.78 is 5.41. The summed E-state index contributed by atoms with van der Waals surface area (Å²) in [6.45, 7) is 0. The minimum absolute atomic E-state index is 0.0291. The molecule has 1 aromatic heterocycles. The molecule has 104 valence electrons. The highest BCUT2D eigenvalue weighted by Gasteiger charge is 2.14. The fourth-order valence-corrected chi connectivity index (χ4v) is 1.94. The van der Waals surface area contributed by atoms with E-state index in [-0.39, 0.29) is 17.3 Å². The molecule has 0 aliphatic rings. The van der Waals surface area contributed by atoms with Crippen molar-refractivity contribution in [3.05, 3.63) is 53.1 Å². The van der Waals surface area contributed by atoms with Gasteiger partial charge in [-0.25, -0.2) is 4.79 Å². The maximum absolute atomic E-state index is 11.2. The number of carboxylic acid groups (broad SMARTS) is 1. The Kier molecular flexibility index (Phi) is 3.37. The van der Waals surface area contributed by atoms with E-state index in [1.165, 1.54) is 18.2 Å². The summed E-state index contributed by atoms with van der Waals surface area (Å²) >= 11 is 5.78. The van der Waals surface area contributed by atoms with E-state index in [1.54, 1.807) is 12.1 Å². The summed E-state index contributed by atoms with van der Waals surface area (Å²) in [5.74, 6) is -1.05. The Bertz CT molecular complexity index is 839. The number of hydrogen-bond acceptors (Lipinski definition) is 5. The van der Waals surface area contributed by atoms with Gasteiger partial charge in [-0.2, -0.15) is 4.98 Å². The largest absolute Gasteiger partial charge is 0.478 e. The average molecular weight is 302 g/mol. The SMILES string of the molecule is O=C(O)c1cc(Cl)ccc1Oc1nnc2ccccc2n1. The topological polar surface area (TPSA) is 85.2 Å². The molecule has 0 fully saturated rings. The molecule has 3 rings (SSSR count). The first-order chi connectivity index (χ1) is 10.1. The third kappa shape index (κ3) is 2.75. The summed E-state index contributed by atoms with van der Waals surface area (Å²) in [6, 6.07) is 11.4. The van der Waals surface area contributed by atoms with Crippen molar-refractivity contribution in [1.82, 2.24) is 15.2 Å². The number of fused-ring (bicyclic) bond motifs is 1. The Balaban J connectivity index is 2.00. The fraction of sp³-hybridized carbons (Fsp3) is 0. The zero-order chi connectivity index (χ0) is 14.8. The average Bonchev–Trinajstić information content (AvgIpc) is 2.49. The van der Waals surface area contributed by atoms with Crippen LogP contribution in [0.4, 0.5) is 0 Å². The van der Waals surface area contributed by atoms with Crippen LogP contribution in [0.25, 0.3) is 11.0 Å². The molecule has 0 aliphatic heterocycles. The van der Waals surface area contributed by atoms with Crippen LogP contribution >= 0.6 is 11.6 Å². The quantitative estimate of drug-likeness (QED) is 0.799. The maximum Gasteiger partial charge on any atom is 0.341 e. The molecule has 21 heavy (non-hydrogen) atoms. The standard InChI is InChI=1S/C14H8ClN3O3/c15-8-5-6-12(9(7-8)13(19)20)21-14-16-10-3-1-2-4-11(10)17-18-14/h1-7H,(H,19,20). The summed E-state index contributed by atoms with van der Waals surface area (Å²) in [6.07, 6.45) is 0. The van der Waals surface area contributed by atoms with E-state index >= 15 is 0 Å². The molecule has 0 atom stereocenters. The van der Waals surface area contributed by atoms with Crippen molar-refractivity contribution in [1.29, 1.82) is 0 Å². The van der Waals surface area contributed by atoms with Crippen LogP contribution in [0.15, 0.2) is 42.5 Å². The van der Waals surface area contributed by atoms with E-state index in [0.29, 0.717) is 16.1 Å². The van der Waals surface area contributed by atoms with Crippen molar-refractivity contribution in [2.45, 2.75) is 0 Å². The van der Waals surface area contributed by atoms with Crippen molar-refractivity contribution in [3.8, 4) is 11.8 Å². The molecule has 0 spiro atoms. The fourth-order valence-electron chi connectivity index (χ4n) is 1.77. The van der Waals surface area contributed by atoms with Crippen LogP contribution < -0.4 is 4.74 Å². The number of rotatable bonds is 3. The summed E-state index contributed by atoms with van der Waals surface area (Å²) in [4.78, 5) is 15.4. The second kappa shape index (κ2) is 5.34. The lowest BCUT2D eigenvalue weighted by molar-refractivity contribution is 0.0694. The van der Waals surface area contributed by atoms with Gasteiger partial charge in [0.2, 0.25) is 0 Å². The Morgan fingerprint density at radius 3 is 2.62 bits per heavy atom. The number of benzene rings is 2. The third-order valence-corrected chi connectivity index (χ3v) is 2.95. The van der Waals surface area contributed by atoms with Crippen LogP contribution in [0.5, 0.6) is 11.8 Å². The van der Waals surface area contributed by atoms with Gasteiger partial charge in [-0.05, 0) is 30.3 Å². The summed E-state index contributed by atoms with van der Waals surface area (Å²) in [7, 11) is 0. The number of ether oxygens (including phenoxy) is 1. The molecule has 6 nitrogen and oxygen atoms in total. The first kappa shape index (κ1) is 13.3. The number of carbonyl (C=O) groups is 1. The molecule has 0 unspecified atom stereocenters. The number of aromatic carboxylic acids is 1. The van der Waals surface area contributed by atoms with Crippen molar-refractivity contribution in [3.63, 3.8) is 0 Å². The highest BCUT2D eigenvalue weighted by atomic mass is 35.5. The van der Waals surface area contributed by atoms with Crippen LogP contribution in [-0.4, -0.2) is 26.3 Å². The normalized spacial score (nSPS) is 10.5. The maximum atomic E-state index is 11.2. The number of halogens is 1. The van der Waals surface area contributed by atoms with E-state index in [0.717, 1.165) is 0 Å². The molecule has 0 radical (unpaired) electrons. The van der Waals surface area contributed by atoms with Crippen LogP contribution in [0.1, 0.15) is 10.4 Å². The summed E-state index contributed by atoms with van der Waals surface area (Å²) in [5.41, 5.74) is 1.16. The van der Waals surface area contributed by atoms with Crippen LogP contribution in [0.3, 0.4) is 0 Å². The second-order valence-electron chi connectivity index (χ2n) is 4.13. The van der Waals surface area contributed by atoms with Gasteiger partial charge in [-0.15, -0.1) is 5.10 Å². The van der Waals surface area contributed by atoms with Gasteiger partial charge < -0.3 is 9.84 Å². The third-order valence-electron chi connectivity index (χ3n) is 2.71. The van der Waals surface area contributed by atoms with E-state index in [4.69, 9.17) is 21.4 Å². The number of para-hydroxylation sites is 1. The predicted molar refractivity (Wildman–Crippen MR) is 75.8 cm³/mol. The Labute approximate surface area is 124 Å². The number of aromatic nitrogens is 3. The zero-order valence-corrected chi connectivity index (χ0v) is 11.3. The smallest absolute Gasteiger partial charge is 0.341 e. The van der Waals surface area contributed by atoms with Gasteiger partial charge >= 0.3 is 12.0 Å². The molecule has 0 aliphatic carbocycles. The van der Waals surface area contributed by atoms with Gasteiger partial charge in [0.1, 0.15) is 16.8 Å². The van der Waals surface area contributed by atoms with Gasteiger partial charge in [0.25, 0.3) is 0 Å². The molecule has 0 saturated carbocycles. The van der Waals surface area contributed by atoms with E-state index < -0.39 is 5.97 Å². The number of nitrogens with zero attached hydrogens (tertiary/aromatic N) is 3. The van der Waals surface area contributed by atoms with Crippen LogP contribution in [0, 0.1) is 0 Å². The van der Waals surface area contributed by atoms with Crippen molar-refractivity contribution < 1.29 is 14.6 Å². The Morgan fingerprint density at radius 2 is 1.86 bits per heavy atom. The molecule has 1 N–H and O–H groups in total. The molecule has 3 aromatic rings. The first-order valence-electron chi connectivity index (χ1n) is 5.93. The first-order valence-corrected chi connectivity index (χ1v) is 6.31. The highest BCUT2D eigenvalue weighted by molar-refractivity contribution is 6.31. The monoisotopic (exact) mass is 301 g/mol. The molecule has 2 aromatic carbocycles. The van der Waals surface area contributed by atoms with Gasteiger partial charge in [0.05, 0.1) is 5.52 Å². The molecular weight excluding hydrogens is 294 g/mol. The van der Waals surface area contributed by atoms with Gasteiger partial charge in [0.15, 0.2) is 0 Å². The second-order valence-corrected chi connectivity index (χ2v) is 4.57. The van der Waals surface area contributed by atoms with Crippen molar-refractivity contribution >= 4 is 28.6 Å². The summed E-state index contributed by atoms with van der Waals surface area (Å²) in [5, 5.41) is 17.2. The molecular formula is C14H8ClN3O3. The lowest BCUT2D eigenvalue weighted by Crippen LogP contribution is -2.02. The van der Waals surface area contributed by atoms with E-state index in [2.05, 4.69) is 15.2 Å². The van der Waals surface area contributed by atoms with Crippen molar-refractivity contribution in [2.24, 2.45) is 0 Å². The molecule has 0 bridgehead atoms. The van der Waals surface area contributed by atoms with Crippen LogP contribution in [-0.2, 0) is 0 Å². The zero-order valence-electron chi connectivity index (χ0n) is 10.5. The van der Waals surface area contributed by atoms with Gasteiger partial charge in [0, 0.05) is 5.02 Å². The Hall–Kier alpha value is -2.73. The lowest BCUT2D eigenvalue weighted by Gasteiger charge is -2.07. The molecule has 1 heterocycles. The predicted octanol–water partition coefficient (Wildman–Crippen LogP) is 3.17. The van der Waals surface area contributed by atoms with E-state index in [1.807, 2.05) is 12.1 Å². The highest BCUT2D eigenvalue weighted by Crippen LogP contribution is 2.26. The molecule has 0 amide bonds. The van der Waals surface area contributed by atoms with Crippen LogP contribution in [0.2, 0.25) is 5.02 Å². The van der Waals surface area contributed by atoms with Gasteiger partial charge in [-0.3, -0.25) is 0 Å².